The third-order valence-electron chi connectivity index (χ3n) is 7.44. The summed E-state index contributed by atoms with van der Waals surface area (Å²) in [7, 11) is 0. The van der Waals surface area contributed by atoms with Crippen LogP contribution in [-0.4, -0.2) is 17.0 Å². The maximum Gasteiger partial charge on any atom is 0.335 e. The lowest BCUT2D eigenvalue weighted by atomic mass is 10.0. The smallest absolute Gasteiger partial charge is 0.335 e. The third-order valence-corrected chi connectivity index (χ3v) is 7.44. The van der Waals surface area contributed by atoms with Gasteiger partial charge < -0.3 is 10.0 Å². The van der Waals surface area contributed by atoms with Gasteiger partial charge in [0, 0.05) is 17.5 Å². The number of nitrogens with zero attached hydrogens (tertiary/aromatic N) is 1. The number of hydrogen-bond donors (Lipinski definition) is 1. The van der Waals surface area contributed by atoms with Gasteiger partial charge in [-0.1, -0.05) is 75.1 Å². The first kappa shape index (κ1) is 28.1. The van der Waals surface area contributed by atoms with Crippen molar-refractivity contribution in [2.24, 2.45) is 5.92 Å². The van der Waals surface area contributed by atoms with E-state index in [0.29, 0.717) is 12.3 Å². The van der Waals surface area contributed by atoms with Gasteiger partial charge in [-0.05, 0) is 78.8 Å². The maximum absolute atomic E-state index is 14.9. The molecule has 0 aliphatic heterocycles. The summed E-state index contributed by atoms with van der Waals surface area (Å²) in [5.74, 6) is 4.93. The summed E-state index contributed by atoms with van der Waals surface area (Å²) in [6, 6.07) is 19.5. The number of unbranched alkanes of at least 4 members (excludes halogenated alkanes) is 1. The zero-order valence-electron chi connectivity index (χ0n) is 22.6. The van der Waals surface area contributed by atoms with Gasteiger partial charge >= 0.3 is 5.97 Å². The summed E-state index contributed by atoms with van der Waals surface area (Å²) in [4.78, 5) is 26.3. The molecule has 202 valence electrons. The Balaban J connectivity index is 1.49. The molecule has 1 aliphatic rings. The van der Waals surface area contributed by atoms with Gasteiger partial charge in [-0.3, -0.25) is 4.79 Å². The Morgan fingerprint density at radius 2 is 1.54 bits per heavy atom. The first-order valence-corrected chi connectivity index (χ1v) is 14.0. The molecule has 0 atom stereocenters. The van der Waals surface area contributed by atoms with Gasteiger partial charge in [0.15, 0.2) is 0 Å². The highest BCUT2D eigenvalue weighted by molar-refractivity contribution is 5.95. The van der Waals surface area contributed by atoms with E-state index in [1.165, 1.54) is 48.3 Å². The lowest BCUT2D eigenvalue weighted by Gasteiger charge is -2.24. The molecule has 5 heteroatoms. The largest absolute Gasteiger partial charge is 0.478 e. The average molecular weight is 526 g/mol. The summed E-state index contributed by atoms with van der Waals surface area (Å²) in [6.07, 6.45) is 9.15. The lowest BCUT2D eigenvalue weighted by molar-refractivity contribution is -0.119. The number of aromatic carboxylic acids is 1. The molecule has 1 amide bonds. The van der Waals surface area contributed by atoms with Gasteiger partial charge in [-0.15, -0.1) is 0 Å². The Hall–Kier alpha value is -3.91. The van der Waals surface area contributed by atoms with Crippen LogP contribution in [0.15, 0.2) is 66.7 Å². The van der Waals surface area contributed by atoms with E-state index in [1.54, 1.807) is 0 Å². The second-order valence-electron chi connectivity index (χ2n) is 10.4. The minimum atomic E-state index is -1.16. The van der Waals surface area contributed by atoms with Gasteiger partial charge in [0.1, 0.15) is 5.82 Å². The molecule has 4 nitrogen and oxygen atoms in total. The number of carboxylic acid groups (broad SMARTS) is 1. The lowest BCUT2D eigenvalue weighted by Crippen LogP contribution is -2.31. The Morgan fingerprint density at radius 1 is 0.923 bits per heavy atom. The fourth-order valence-electron chi connectivity index (χ4n) is 5.08. The summed E-state index contributed by atoms with van der Waals surface area (Å²) in [6.45, 7) is 2.34. The van der Waals surface area contributed by atoms with Crippen LogP contribution in [0.1, 0.15) is 90.9 Å². The van der Waals surface area contributed by atoms with Crippen molar-refractivity contribution in [3.05, 3.63) is 100 Å². The summed E-state index contributed by atoms with van der Waals surface area (Å²) >= 11 is 0. The first-order chi connectivity index (χ1) is 18.9. The zero-order chi connectivity index (χ0) is 27.6. The number of carbonyl (C=O) groups is 2. The molecule has 3 aromatic rings. The number of aryl methyl sites for hydroxylation is 1. The Morgan fingerprint density at radius 3 is 2.13 bits per heavy atom. The normalized spacial score (nSPS) is 13.1. The molecule has 0 heterocycles. The standard InChI is InChI=1S/C34H36FNO3/c1-2-3-6-26-9-11-27(12-10-26)13-14-28-15-17-29(18-16-28)24-36(33(37)22-19-25-7-4-5-8-25)32-23-30(34(38)39)20-21-31(32)35/h9-12,15-18,20-21,23,25H,2-8,19,22,24H2,1H3,(H,38,39). The van der Waals surface area contributed by atoms with E-state index in [9.17, 15) is 19.1 Å². The zero-order valence-corrected chi connectivity index (χ0v) is 22.6. The van der Waals surface area contributed by atoms with Gasteiger partial charge in [-0.2, -0.15) is 0 Å². The number of rotatable bonds is 10. The molecule has 39 heavy (non-hydrogen) atoms. The molecule has 0 spiro atoms. The molecule has 3 aromatic carbocycles. The van der Waals surface area contributed by atoms with Crippen molar-refractivity contribution in [3.8, 4) is 11.8 Å². The van der Waals surface area contributed by atoms with Gasteiger partial charge in [-0.25, -0.2) is 9.18 Å². The molecular formula is C34H36FNO3. The SMILES string of the molecule is CCCCc1ccc(C#Cc2ccc(CN(C(=O)CCC3CCCC3)c3cc(C(=O)O)ccc3F)cc2)cc1. The van der Waals surface area contributed by atoms with E-state index in [1.807, 2.05) is 36.4 Å². The Labute approximate surface area is 230 Å². The van der Waals surface area contributed by atoms with Crippen LogP contribution in [0.3, 0.4) is 0 Å². The highest BCUT2D eigenvalue weighted by Gasteiger charge is 2.23. The Bertz CT molecular complexity index is 1330. The molecule has 1 aliphatic carbocycles. The quantitative estimate of drug-likeness (QED) is 0.275. The summed E-state index contributed by atoms with van der Waals surface area (Å²) in [5, 5.41) is 9.43. The maximum atomic E-state index is 14.9. The molecule has 0 bridgehead atoms. The van der Waals surface area contributed by atoms with E-state index in [0.717, 1.165) is 48.4 Å². The van der Waals surface area contributed by atoms with Gasteiger partial charge in [0.05, 0.1) is 17.8 Å². The minimum Gasteiger partial charge on any atom is -0.478 e. The van der Waals surface area contributed by atoms with Gasteiger partial charge in [0.25, 0.3) is 0 Å². The summed E-state index contributed by atoms with van der Waals surface area (Å²) < 4.78 is 14.9. The van der Waals surface area contributed by atoms with E-state index >= 15 is 0 Å². The number of anilines is 1. The number of hydrogen-bond acceptors (Lipinski definition) is 2. The topological polar surface area (TPSA) is 57.6 Å². The third kappa shape index (κ3) is 8.04. The van der Waals surface area contributed by atoms with E-state index in [2.05, 4.69) is 30.9 Å². The van der Waals surface area contributed by atoms with Crippen LogP contribution in [0.2, 0.25) is 0 Å². The van der Waals surface area contributed by atoms with Crippen LogP contribution in [0.25, 0.3) is 0 Å². The predicted molar refractivity (Wildman–Crippen MR) is 153 cm³/mol. The average Bonchev–Trinajstić information content (AvgIpc) is 3.48. The monoisotopic (exact) mass is 525 g/mol. The van der Waals surface area contributed by atoms with Crippen molar-refractivity contribution in [2.45, 2.75) is 71.3 Å². The van der Waals surface area contributed by atoms with Crippen molar-refractivity contribution in [2.75, 3.05) is 4.90 Å². The fourth-order valence-corrected chi connectivity index (χ4v) is 5.08. The number of amides is 1. The van der Waals surface area contributed by atoms with Crippen LogP contribution < -0.4 is 4.90 Å². The number of carbonyl (C=O) groups excluding carboxylic acids is 1. The van der Waals surface area contributed by atoms with Crippen LogP contribution in [0.5, 0.6) is 0 Å². The van der Waals surface area contributed by atoms with E-state index in [4.69, 9.17) is 0 Å². The van der Waals surface area contributed by atoms with Crippen molar-refractivity contribution < 1.29 is 19.1 Å². The molecule has 0 unspecified atom stereocenters. The Kier molecular flexibility index (Phi) is 9.91. The van der Waals surface area contributed by atoms with Crippen LogP contribution in [0.4, 0.5) is 10.1 Å². The van der Waals surface area contributed by atoms with Crippen LogP contribution in [0, 0.1) is 23.6 Å². The number of benzene rings is 3. The molecule has 0 aromatic heterocycles. The first-order valence-electron chi connectivity index (χ1n) is 14.0. The van der Waals surface area contributed by atoms with Crippen LogP contribution in [-0.2, 0) is 17.8 Å². The molecule has 1 N–H and O–H groups in total. The van der Waals surface area contributed by atoms with Crippen LogP contribution >= 0.6 is 0 Å². The van der Waals surface area contributed by atoms with Crippen molar-refractivity contribution in [1.29, 1.82) is 0 Å². The van der Waals surface area contributed by atoms with Crippen molar-refractivity contribution in [3.63, 3.8) is 0 Å². The van der Waals surface area contributed by atoms with E-state index in [-0.39, 0.29) is 23.7 Å². The van der Waals surface area contributed by atoms with E-state index < -0.39 is 11.8 Å². The number of carboxylic acids is 1. The summed E-state index contributed by atoms with van der Waals surface area (Å²) in [5.41, 5.74) is 3.87. The number of halogens is 1. The highest BCUT2D eigenvalue weighted by atomic mass is 19.1. The van der Waals surface area contributed by atoms with Crippen molar-refractivity contribution in [1.82, 2.24) is 0 Å². The highest BCUT2D eigenvalue weighted by Crippen LogP contribution is 2.30. The molecule has 4 rings (SSSR count). The predicted octanol–water partition coefficient (Wildman–Crippen LogP) is 7.77. The van der Waals surface area contributed by atoms with Crippen molar-refractivity contribution >= 4 is 17.6 Å². The molecule has 1 fully saturated rings. The molecule has 0 saturated heterocycles. The second kappa shape index (κ2) is 13.8. The van der Waals surface area contributed by atoms with Gasteiger partial charge in [0.2, 0.25) is 5.91 Å². The second-order valence-corrected chi connectivity index (χ2v) is 10.4. The fraction of sp³-hybridized carbons (Fsp3) is 0.353. The minimum absolute atomic E-state index is 0.00225. The molecule has 0 radical (unpaired) electrons. The molecule has 1 saturated carbocycles. The molecular weight excluding hydrogens is 489 g/mol.